The largest absolute Gasteiger partial charge is 0.340 e. The van der Waals surface area contributed by atoms with E-state index in [0.717, 1.165) is 59.8 Å². The van der Waals surface area contributed by atoms with Crippen LogP contribution in [0.1, 0.15) is 29.7 Å². The fourth-order valence-electron chi connectivity index (χ4n) is 4.54. The van der Waals surface area contributed by atoms with Gasteiger partial charge in [-0.3, -0.25) is 4.68 Å². The van der Waals surface area contributed by atoms with Crippen molar-refractivity contribution in [2.24, 2.45) is 0 Å². The highest BCUT2D eigenvalue weighted by Crippen LogP contribution is 2.29. The SMILES string of the molecule is C1=CN(N2CCCC2)Cc2c1ncnc2Nc1ccc2c(cnn2Cc2ccccc2)c1. The molecule has 4 heterocycles. The molecule has 1 saturated heterocycles. The number of hydrazine groups is 1. The summed E-state index contributed by atoms with van der Waals surface area (Å²) in [4.78, 5) is 9.05. The van der Waals surface area contributed by atoms with Gasteiger partial charge in [0.1, 0.15) is 12.1 Å². The van der Waals surface area contributed by atoms with Gasteiger partial charge in [0.05, 0.1) is 30.5 Å². The Morgan fingerprint density at radius 2 is 1.84 bits per heavy atom. The van der Waals surface area contributed by atoms with Crippen LogP contribution in [0.3, 0.4) is 0 Å². The molecular weight excluding hydrogens is 398 g/mol. The molecule has 2 aromatic carbocycles. The summed E-state index contributed by atoms with van der Waals surface area (Å²) in [7, 11) is 0. The predicted octanol–water partition coefficient (Wildman–Crippen LogP) is 4.42. The minimum absolute atomic E-state index is 0.759. The molecule has 0 bridgehead atoms. The lowest BCUT2D eigenvalue weighted by Gasteiger charge is -2.33. The average Bonchev–Trinajstić information content (AvgIpc) is 3.50. The van der Waals surface area contributed by atoms with Crippen LogP contribution >= 0.6 is 0 Å². The molecule has 7 heteroatoms. The third kappa shape index (κ3) is 3.61. The highest BCUT2D eigenvalue weighted by molar-refractivity contribution is 5.83. The molecule has 0 unspecified atom stereocenters. The summed E-state index contributed by atoms with van der Waals surface area (Å²) >= 11 is 0. The molecule has 4 aromatic rings. The van der Waals surface area contributed by atoms with Crippen molar-refractivity contribution in [3.8, 4) is 0 Å². The van der Waals surface area contributed by atoms with Crippen molar-refractivity contribution in [3.63, 3.8) is 0 Å². The van der Waals surface area contributed by atoms with Gasteiger partial charge in [0.15, 0.2) is 0 Å². The predicted molar refractivity (Wildman–Crippen MR) is 126 cm³/mol. The van der Waals surface area contributed by atoms with E-state index in [2.05, 4.69) is 85.1 Å². The number of fused-ring (bicyclic) bond motifs is 2. The molecule has 7 nitrogen and oxygen atoms in total. The Kier molecular flexibility index (Phi) is 4.81. The molecule has 1 fully saturated rings. The molecule has 0 aliphatic carbocycles. The summed E-state index contributed by atoms with van der Waals surface area (Å²) in [5.74, 6) is 0.861. The highest BCUT2D eigenvalue weighted by Gasteiger charge is 2.23. The van der Waals surface area contributed by atoms with Gasteiger partial charge in [-0.1, -0.05) is 30.3 Å². The first kappa shape index (κ1) is 19.0. The molecule has 2 aliphatic rings. The lowest BCUT2D eigenvalue weighted by atomic mass is 10.1. The first-order valence-electron chi connectivity index (χ1n) is 11.1. The fourth-order valence-corrected chi connectivity index (χ4v) is 4.54. The molecule has 160 valence electrons. The van der Waals surface area contributed by atoms with Crippen molar-refractivity contribution in [1.82, 2.24) is 29.8 Å². The number of hydrogen-bond donors (Lipinski definition) is 1. The molecule has 0 amide bonds. The zero-order valence-electron chi connectivity index (χ0n) is 17.9. The van der Waals surface area contributed by atoms with Gasteiger partial charge in [0.2, 0.25) is 0 Å². The van der Waals surface area contributed by atoms with E-state index in [-0.39, 0.29) is 0 Å². The van der Waals surface area contributed by atoms with Gasteiger partial charge in [-0.05, 0) is 42.7 Å². The zero-order chi connectivity index (χ0) is 21.3. The monoisotopic (exact) mass is 423 g/mol. The molecule has 0 radical (unpaired) electrons. The van der Waals surface area contributed by atoms with Crippen molar-refractivity contribution >= 4 is 28.5 Å². The van der Waals surface area contributed by atoms with Crippen molar-refractivity contribution in [3.05, 3.63) is 84.1 Å². The summed E-state index contributed by atoms with van der Waals surface area (Å²) in [5, 5.41) is 13.9. The quantitative estimate of drug-likeness (QED) is 0.513. The highest BCUT2D eigenvalue weighted by atomic mass is 15.6. The lowest BCUT2D eigenvalue weighted by molar-refractivity contribution is 0.0399. The number of hydrogen-bond acceptors (Lipinski definition) is 6. The summed E-state index contributed by atoms with van der Waals surface area (Å²) in [5.41, 5.74) is 5.46. The van der Waals surface area contributed by atoms with Crippen LogP contribution in [-0.2, 0) is 13.1 Å². The molecular formula is C25H25N7. The number of benzene rings is 2. The first-order chi connectivity index (χ1) is 15.8. The van der Waals surface area contributed by atoms with E-state index in [0.29, 0.717) is 0 Å². The second kappa shape index (κ2) is 8.09. The van der Waals surface area contributed by atoms with Gasteiger partial charge in [0.25, 0.3) is 0 Å². The van der Waals surface area contributed by atoms with Gasteiger partial charge in [-0.25, -0.2) is 15.0 Å². The maximum Gasteiger partial charge on any atom is 0.139 e. The van der Waals surface area contributed by atoms with Crippen molar-refractivity contribution in [2.45, 2.75) is 25.9 Å². The standard InChI is InChI=1S/C25H25N7/c1-2-6-19(7-3-1)16-32-24-9-8-21(14-20(24)15-28-32)29-25-22-17-31(30-11-4-5-12-30)13-10-23(22)26-18-27-25/h1-3,6-10,13-15,18H,4-5,11-12,16-17H2,(H,26,27,29). The van der Waals surface area contributed by atoms with Crippen molar-refractivity contribution in [2.75, 3.05) is 18.4 Å². The summed E-state index contributed by atoms with van der Waals surface area (Å²) in [6.45, 7) is 3.76. The third-order valence-electron chi connectivity index (χ3n) is 6.23. The molecule has 0 saturated carbocycles. The van der Waals surface area contributed by atoms with Crippen LogP contribution in [0.2, 0.25) is 0 Å². The number of anilines is 2. The van der Waals surface area contributed by atoms with Crippen molar-refractivity contribution in [1.29, 1.82) is 0 Å². The van der Waals surface area contributed by atoms with E-state index < -0.39 is 0 Å². The van der Waals surface area contributed by atoms with E-state index in [9.17, 15) is 0 Å². The van der Waals surface area contributed by atoms with E-state index in [1.807, 2.05) is 16.9 Å². The molecule has 6 rings (SSSR count). The van der Waals surface area contributed by atoms with E-state index in [1.54, 1.807) is 6.33 Å². The fraction of sp³-hybridized carbons (Fsp3) is 0.240. The van der Waals surface area contributed by atoms with Gasteiger partial charge >= 0.3 is 0 Å². The first-order valence-corrected chi connectivity index (χ1v) is 11.1. The Morgan fingerprint density at radius 3 is 2.72 bits per heavy atom. The zero-order valence-corrected chi connectivity index (χ0v) is 17.9. The summed E-state index contributed by atoms with van der Waals surface area (Å²) < 4.78 is 2.04. The number of rotatable bonds is 5. The lowest BCUT2D eigenvalue weighted by Crippen LogP contribution is -2.37. The van der Waals surface area contributed by atoms with Crippen LogP contribution in [0.4, 0.5) is 11.5 Å². The number of nitrogens with one attached hydrogen (secondary N) is 1. The average molecular weight is 424 g/mol. The minimum atomic E-state index is 0.759. The molecule has 2 aromatic heterocycles. The number of aromatic nitrogens is 4. The van der Waals surface area contributed by atoms with E-state index in [1.165, 1.54) is 18.4 Å². The van der Waals surface area contributed by atoms with Gasteiger partial charge < -0.3 is 10.3 Å². The van der Waals surface area contributed by atoms with Gasteiger partial charge in [-0.2, -0.15) is 5.10 Å². The normalized spacial score (nSPS) is 15.9. The van der Waals surface area contributed by atoms with E-state index >= 15 is 0 Å². The Morgan fingerprint density at radius 1 is 0.969 bits per heavy atom. The van der Waals surface area contributed by atoms with Crippen LogP contribution in [0, 0.1) is 0 Å². The van der Waals surface area contributed by atoms with Crippen LogP contribution in [0.5, 0.6) is 0 Å². The summed E-state index contributed by atoms with van der Waals surface area (Å²) in [6.07, 6.45) is 10.3. The molecule has 1 N–H and O–H groups in total. The van der Waals surface area contributed by atoms with Crippen LogP contribution in [0.15, 0.2) is 67.3 Å². The summed E-state index contributed by atoms with van der Waals surface area (Å²) in [6, 6.07) is 16.8. The maximum absolute atomic E-state index is 4.60. The second-order valence-corrected chi connectivity index (χ2v) is 8.35. The van der Waals surface area contributed by atoms with Crippen molar-refractivity contribution < 1.29 is 0 Å². The minimum Gasteiger partial charge on any atom is -0.340 e. The Balaban J connectivity index is 1.25. The number of nitrogens with zero attached hydrogens (tertiary/aromatic N) is 6. The Hall–Kier alpha value is -3.71. The van der Waals surface area contributed by atoms with Crippen LogP contribution in [-0.4, -0.2) is 42.9 Å². The van der Waals surface area contributed by atoms with Gasteiger partial charge in [-0.15, -0.1) is 0 Å². The van der Waals surface area contributed by atoms with Crippen LogP contribution in [0.25, 0.3) is 17.0 Å². The second-order valence-electron chi connectivity index (χ2n) is 8.35. The molecule has 32 heavy (non-hydrogen) atoms. The van der Waals surface area contributed by atoms with Crippen LogP contribution < -0.4 is 5.32 Å². The van der Waals surface area contributed by atoms with Gasteiger partial charge in [0, 0.05) is 35.9 Å². The topological polar surface area (TPSA) is 62.1 Å². The Labute approximate surface area is 187 Å². The molecule has 0 spiro atoms. The van der Waals surface area contributed by atoms with E-state index in [4.69, 9.17) is 0 Å². The molecule has 0 atom stereocenters. The Bertz CT molecular complexity index is 1270. The maximum atomic E-state index is 4.60. The smallest absolute Gasteiger partial charge is 0.139 e. The third-order valence-corrected chi connectivity index (χ3v) is 6.23. The molecule has 2 aliphatic heterocycles.